The summed E-state index contributed by atoms with van der Waals surface area (Å²) in [7, 11) is 0. The van der Waals surface area contributed by atoms with Gasteiger partial charge in [-0.2, -0.15) is 4.39 Å². The molecule has 0 aromatic rings. The van der Waals surface area contributed by atoms with E-state index in [1.54, 1.807) is 6.92 Å². The smallest absolute Gasteiger partial charge is 0.335 e. The lowest BCUT2D eigenvalue weighted by Crippen LogP contribution is -2.30. The van der Waals surface area contributed by atoms with Crippen molar-refractivity contribution in [2.45, 2.75) is 181 Å². The van der Waals surface area contributed by atoms with Crippen molar-refractivity contribution in [3.63, 3.8) is 0 Å². The van der Waals surface area contributed by atoms with Crippen LogP contribution in [-0.2, 0) is 9.53 Å². The molecule has 1 unspecified atom stereocenters. The van der Waals surface area contributed by atoms with Gasteiger partial charge in [0.25, 0.3) is 5.85 Å². The number of ether oxygens (including phenoxy) is 1. The van der Waals surface area contributed by atoms with E-state index in [9.17, 15) is 4.79 Å². The summed E-state index contributed by atoms with van der Waals surface area (Å²) in [5, 5.41) is 0. The Morgan fingerprint density at radius 2 is 0.853 bits per heavy atom. The van der Waals surface area contributed by atoms with Gasteiger partial charge in [-0.15, -0.1) is 0 Å². The highest BCUT2D eigenvalue weighted by atomic mass is 19.2. The van der Waals surface area contributed by atoms with Crippen molar-refractivity contribution in [2.75, 3.05) is 0 Å². The fraction of sp³-hybridized carbons (Fsp3) is 0.903. The average Bonchev–Trinajstić information content (AvgIpc) is 2.81. The van der Waals surface area contributed by atoms with Crippen LogP contribution in [0, 0.1) is 0 Å². The van der Waals surface area contributed by atoms with E-state index in [-0.39, 0.29) is 5.57 Å². The van der Waals surface area contributed by atoms with Crippen molar-refractivity contribution in [1.82, 2.24) is 0 Å². The fourth-order valence-electron chi connectivity index (χ4n) is 4.59. The zero-order chi connectivity index (χ0) is 25.3. The average molecular weight is 483 g/mol. The SMILES string of the molecule is C=C(C)C(=O)OC(F)(CCCCCCCC)CCCCCCCCCCCCCCCCCC. The summed E-state index contributed by atoms with van der Waals surface area (Å²) in [6.07, 6.45) is 28.0. The molecule has 0 aliphatic carbocycles. The Kier molecular flexibility index (Phi) is 23.3. The summed E-state index contributed by atoms with van der Waals surface area (Å²) < 4.78 is 20.6. The molecule has 0 saturated carbocycles. The largest absolute Gasteiger partial charge is 0.425 e. The number of halogens is 1. The van der Waals surface area contributed by atoms with Crippen LogP contribution in [0.3, 0.4) is 0 Å². The Hall–Kier alpha value is -0.860. The Morgan fingerprint density at radius 1 is 0.588 bits per heavy atom. The summed E-state index contributed by atoms with van der Waals surface area (Å²) in [4.78, 5) is 11.9. The van der Waals surface area contributed by atoms with E-state index >= 15 is 4.39 Å². The van der Waals surface area contributed by atoms with Crippen LogP contribution in [0.2, 0.25) is 0 Å². The van der Waals surface area contributed by atoms with Crippen molar-refractivity contribution < 1.29 is 13.9 Å². The van der Waals surface area contributed by atoms with Gasteiger partial charge in [-0.25, -0.2) is 4.79 Å². The lowest BCUT2D eigenvalue weighted by molar-refractivity contribution is -0.182. The molecule has 0 bridgehead atoms. The van der Waals surface area contributed by atoms with Crippen molar-refractivity contribution in [3.8, 4) is 0 Å². The van der Waals surface area contributed by atoms with Crippen molar-refractivity contribution in [2.24, 2.45) is 0 Å². The molecule has 0 fully saturated rings. The Balaban J connectivity index is 3.80. The number of unbranched alkanes of at least 4 members (excludes halogenated alkanes) is 20. The summed E-state index contributed by atoms with van der Waals surface area (Å²) in [6, 6.07) is 0. The Bertz CT molecular complexity index is 476. The molecule has 0 aliphatic heterocycles. The molecule has 0 aromatic carbocycles. The second-order valence-electron chi connectivity index (χ2n) is 10.6. The lowest BCUT2D eigenvalue weighted by Gasteiger charge is -2.25. The highest BCUT2D eigenvalue weighted by Gasteiger charge is 2.33. The maximum atomic E-state index is 15.4. The third kappa shape index (κ3) is 21.7. The minimum Gasteiger partial charge on any atom is -0.425 e. The number of carbonyl (C=O) groups is 1. The van der Waals surface area contributed by atoms with Crippen LogP contribution in [0.15, 0.2) is 12.2 Å². The third-order valence-electron chi connectivity index (χ3n) is 6.93. The monoisotopic (exact) mass is 482 g/mol. The van der Waals surface area contributed by atoms with Gasteiger partial charge in [0.15, 0.2) is 0 Å². The molecular weight excluding hydrogens is 423 g/mol. The third-order valence-corrected chi connectivity index (χ3v) is 6.93. The summed E-state index contributed by atoms with van der Waals surface area (Å²) in [5.74, 6) is -2.42. The standard InChI is InChI=1S/C31H59FO2/c1-5-7-9-11-13-14-15-16-17-18-19-20-21-22-24-26-28-31(32,34-30(33)29(3)4)27-25-23-12-10-8-6-2/h3,5-28H2,1-2,4H3. The van der Waals surface area contributed by atoms with Gasteiger partial charge in [-0.05, 0) is 19.8 Å². The molecule has 0 aromatic heterocycles. The fourth-order valence-corrected chi connectivity index (χ4v) is 4.59. The van der Waals surface area contributed by atoms with Crippen LogP contribution >= 0.6 is 0 Å². The van der Waals surface area contributed by atoms with Gasteiger partial charge in [0.2, 0.25) is 0 Å². The van der Waals surface area contributed by atoms with E-state index in [4.69, 9.17) is 4.74 Å². The van der Waals surface area contributed by atoms with Gasteiger partial charge in [0, 0.05) is 18.4 Å². The number of hydrogen-bond acceptors (Lipinski definition) is 2. The molecule has 0 rings (SSSR count). The van der Waals surface area contributed by atoms with Gasteiger partial charge >= 0.3 is 5.97 Å². The van der Waals surface area contributed by atoms with Gasteiger partial charge in [-0.1, -0.05) is 149 Å². The molecule has 0 saturated heterocycles. The quantitative estimate of drug-likeness (QED) is 0.0696. The van der Waals surface area contributed by atoms with Gasteiger partial charge in [-0.3, -0.25) is 0 Å². The first-order valence-electron chi connectivity index (χ1n) is 15.0. The Morgan fingerprint density at radius 3 is 1.12 bits per heavy atom. The zero-order valence-electron chi connectivity index (χ0n) is 23.4. The highest BCUT2D eigenvalue weighted by molar-refractivity contribution is 5.87. The summed E-state index contributed by atoms with van der Waals surface area (Å²) in [6.45, 7) is 9.66. The number of alkyl halides is 1. The van der Waals surface area contributed by atoms with Crippen LogP contribution in [-0.4, -0.2) is 11.8 Å². The predicted molar refractivity (Wildman–Crippen MR) is 147 cm³/mol. The van der Waals surface area contributed by atoms with E-state index < -0.39 is 11.8 Å². The minimum absolute atomic E-state index is 0.275. The molecule has 0 heterocycles. The molecule has 34 heavy (non-hydrogen) atoms. The van der Waals surface area contributed by atoms with E-state index in [2.05, 4.69) is 20.4 Å². The van der Waals surface area contributed by atoms with E-state index in [0.29, 0.717) is 12.8 Å². The number of carbonyl (C=O) groups excluding carboxylic acids is 1. The van der Waals surface area contributed by atoms with Crippen LogP contribution in [0.4, 0.5) is 4.39 Å². The van der Waals surface area contributed by atoms with E-state index in [0.717, 1.165) is 38.5 Å². The first-order valence-corrected chi connectivity index (χ1v) is 15.0. The Labute approximate surface area is 212 Å². The van der Waals surface area contributed by atoms with Crippen LogP contribution < -0.4 is 0 Å². The predicted octanol–water partition coefficient (Wildman–Crippen LogP) is 11.2. The normalized spacial score (nSPS) is 13.1. The molecule has 0 radical (unpaired) electrons. The lowest BCUT2D eigenvalue weighted by atomic mass is 9.99. The van der Waals surface area contributed by atoms with Crippen molar-refractivity contribution in [1.29, 1.82) is 0 Å². The summed E-state index contributed by atoms with van der Waals surface area (Å²) in [5.41, 5.74) is 0.275. The minimum atomic E-state index is -1.82. The maximum Gasteiger partial charge on any atom is 0.335 e. The molecule has 3 heteroatoms. The number of hydrogen-bond donors (Lipinski definition) is 0. The molecule has 1 atom stereocenters. The molecule has 0 spiro atoms. The van der Waals surface area contributed by atoms with Gasteiger partial charge in [0.05, 0.1) is 0 Å². The molecule has 0 amide bonds. The highest BCUT2D eigenvalue weighted by Crippen LogP contribution is 2.30. The van der Waals surface area contributed by atoms with Gasteiger partial charge in [0.1, 0.15) is 0 Å². The van der Waals surface area contributed by atoms with Crippen LogP contribution in [0.5, 0.6) is 0 Å². The van der Waals surface area contributed by atoms with Crippen molar-refractivity contribution in [3.05, 3.63) is 12.2 Å². The molecule has 0 N–H and O–H groups in total. The number of rotatable bonds is 26. The summed E-state index contributed by atoms with van der Waals surface area (Å²) >= 11 is 0. The molecule has 0 aliphatic rings. The zero-order valence-corrected chi connectivity index (χ0v) is 23.4. The first kappa shape index (κ1) is 33.1. The van der Waals surface area contributed by atoms with E-state index in [1.807, 2.05) is 0 Å². The first-order chi connectivity index (χ1) is 16.4. The molecule has 202 valence electrons. The second kappa shape index (κ2) is 23.9. The van der Waals surface area contributed by atoms with Crippen LogP contribution in [0.1, 0.15) is 175 Å². The topological polar surface area (TPSA) is 26.3 Å². The van der Waals surface area contributed by atoms with Crippen molar-refractivity contribution >= 4 is 5.97 Å². The van der Waals surface area contributed by atoms with Gasteiger partial charge < -0.3 is 4.74 Å². The molecular formula is C31H59FO2. The van der Waals surface area contributed by atoms with Crippen LogP contribution in [0.25, 0.3) is 0 Å². The molecule has 2 nitrogen and oxygen atoms in total. The maximum absolute atomic E-state index is 15.4. The number of esters is 1. The van der Waals surface area contributed by atoms with E-state index in [1.165, 1.54) is 103 Å². The second-order valence-corrected chi connectivity index (χ2v) is 10.6.